The molecule has 0 radical (unpaired) electrons. The molecule has 0 aromatic heterocycles. The van der Waals surface area contributed by atoms with Gasteiger partial charge >= 0.3 is 5.97 Å². The van der Waals surface area contributed by atoms with E-state index < -0.39 is 61.8 Å². The number of carbonyl (C=O) groups is 2. The summed E-state index contributed by atoms with van der Waals surface area (Å²) < 4.78 is 41.2. The lowest BCUT2D eigenvalue weighted by molar-refractivity contribution is -0.147. The van der Waals surface area contributed by atoms with Crippen molar-refractivity contribution < 1.29 is 27.5 Å². The van der Waals surface area contributed by atoms with E-state index in [1.54, 1.807) is 51.1 Å². The first-order valence-electron chi connectivity index (χ1n) is 12.1. The zero-order valence-electron chi connectivity index (χ0n) is 21.2. The number of sulfone groups is 1. The van der Waals surface area contributed by atoms with Crippen LogP contribution in [0.2, 0.25) is 10.0 Å². The minimum absolute atomic E-state index is 0.141. The molecule has 37 heavy (non-hydrogen) atoms. The fraction of sp³-hybridized carbons (Fsp3) is 0.481. The van der Waals surface area contributed by atoms with E-state index in [4.69, 9.17) is 23.2 Å². The molecule has 6 nitrogen and oxygen atoms in total. The van der Waals surface area contributed by atoms with Gasteiger partial charge in [-0.1, -0.05) is 49.2 Å². The number of rotatable bonds is 9. The molecule has 202 valence electrons. The molecule has 5 atom stereocenters. The molecule has 1 aliphatic rings. The molecule has 5 unspecified atom stereocenters. The molecule has 1 heterocycles. The first-order chi connectivity index (χ1) is 17.1. The third-order valence-corrected chi connectivity index (χ3v) is 10.3. The summed E-state index contributed by atoms with van der Waals surface area (Å²) in [7, 11) is -3.60. The summed E-state index contributed by atoms with van der Waals surface area (Å²) in [5.74, 6) is -2.96. The predicted octanol–water partition coefficient (Wildman–Crippen LogP) is 6.18. The fourth-order valence-corrected chi connectivity index (χ4v) is 7.34. The standard InChI is InChI=1S/C27H32Cl2FNO5S/c1-15(2)37(35,36)23(17-5-7-19(28)8-6-17)9-16(3)25-22(18-10-20(29)12-21(30)11-18)13-27(4,14-24(32)33)26(34)31-25/h5-8,10-12,15-16,22-23,25H,9,13-14H2,1-4H3,(H,31,34)(H,32,33). The lowest BCUT2D eigenvalue weighted by Crippen LogP contribution is -2.56. The second-order valence-electron chi connectivity index (χ2n) is 10.5. The summed E-state index contributed by atoms with van der Waals surface area (Å²) in [5.41, 5.74) is -0.119. The van der Waals surface area contributed by atoms with Crippen molar-refractivity contribution in [1.82, 2.24) is 5.32 Å². The normalized spacial score (nSPS) is 23.9. The Morgan fingerprint density at radius 3 is 2.30 bits per heavy atom. The Morgan fingerprint density at radius 1 is 1.14 bits per heavy atom. The number of benzene rings is 2. The monoisotopic (exact) mass is 571 g/mol. The quantitative estimate of drug-likeness (QED) is 0.374. The first kappa shape index (κ1) is 29.4. The van der Waals surface area contributed by atoms with E-state index in [0.717, 1.165) is 0 Å². The molecule has 3 rings (SSSR count). The van der Waals surface area contributed by atoms with Crippen molar-refractivity contribution in [3.8, 4) is 0 Å². The zero-order valence-corrected chi connectivity index (χ0v) is 23.5. The summed E-state index contributed by atoms with van der Waals surface area (Å²) in [5, 5.41) is 11.6. The van der Waals surface area contributed by atoms with Gasteiger partial charge in [-0.05, 0) is 74.1 Å². The molecule has 0 spiro atoms. The molecule has 10 heteroatoms. The largest absolute Gasteiger partial charge is 0.481 e. The molecular weight excluding hydrogens is 540 g/mol. The highest BCUT2D eigenvalue weighted by molar-refractivity contribution is 7.92. The number of hydrogen-bond acceptors (Lipinski definition) is 4. The van der Waals surface area contributed by atoms with Gasteiger partial charge in [-0.3, -0.25) is 9.59 Å². The van der Waals surface area contributed by atoms with E-state index in [-0.39, 0.29) is 23.8 Å². The maximum Gasteiger partial charge on any atom is 0.304 e. The summed E-state index contributed by atoms with van der Waals surface area (Å²) in [6, 6.07) is 10.2. The molecule has 1 amide bonds. The Labute approximate surface area is 227 Å². The third-order valence-electron chi connectivity index (χ3n) is 7.30. The topological polar surface area (TPSA) is 101 Å². The van der Waals surface area contributed by atoms with Crippen LogP contribution in [0.25, 0.3) is 0 Å². The van der Waals surface area contributed by atoms with Crippen LogP contribution in [0, 0.1) is 17.2 Å². The number of hydrogen-bond donors (Lipinski definition) is 2. The summed E-state index contributed by atoms with van der Waals surface area (Å²) in [6.07, 6.45) is -0.0701. The Hall–Kier alpha value is -2.16. The molecule has 1 fully saturated rings. The van der Waals surface area contributed by atoms with Gasteiger partial charge in [-0.2, -0.15) is 0 Å². The van der Waals surface area contributed by atoms with Crippen LogP contribution < -0.4 is 5.32 Å². The third kappa shape index (κ3) is 6.65. The second-order valence-corrected chi connectivity index (χ2v) is 14.1. The number of amides is 1. The van der Waals surface area contributed by atoms with Gasteiger partial charge in [0.25, 0.3) is 0 Å². The Bertz CT molecular complexity index is 1250. The van der Waals surface area contributed by atoms with Crippen molar-refractivity contribution >= 4 is 44.9 Å². The SMILES string of the molecule is CC(CC(c1ccc(Cl)cc1)S(=O)(=O)C(C)C)C1NC(=O)C(C)(CC(=O)O)CC1c1cc(F)cc(Cl)c1. The average molecular weight is 573 g/mol. The van der Waals surface area contributed by atoms with Crippen LogP contribution in [-0.2, 0) is 19.4 Å². The minimum Gasteiger partial charge on any atom is -0.481 e. The van der Waals surface area contributed by atoms with Gasteiger partial charge in [-0.15, -0.1) is 0 Å². The Morgan fingerprint density at radius 2 is 1.76 bits per heavy atom. The van der Waals surface area contributed by atoms with E-state index in [9.17, 15) is 27.5 Å². The number of piperidine rings is 1. The van der Waals surface area contributed by atoms with Gasteiger partial charge in [0, 0.05) is 22.0 Å². The summed E-state index contributed by atoms with van der Waals surface area (Å²) >= 11 is 12.2. The molecule has 2 aromatic carbocycles. The van der Waals surface area contributed by atoms with Gasteiger partial charge < -0.3 is 10.4 Å². The van der Waals surface area contributed by atoms with Gasteiger partial charge in [0.15, 0.2) is 9.84 Å². The molecule has 0 bridgehead atoms. The zero-order chi connectivity index (χ0) is 27.7. The van der Waals surface area contributed by atoms with Crippen molar-refractivity contribution in [3.63, 3.8) is 0 Å². The first-order valence-corrected chi connectivity index (χ1v) is 14.5. The number of carboxylic acid groups (broad SMARTS) is 1. The van der Waals surface area contributed by atoms with E-state index in [0.29, 0.717) is 16.1 Å². The van der Waals surface area contributed by atoms with Crippen LogP contribution in [-0.4, -0.2) is 36.7 Å². The smallest absolute Gasteiger partial charge is 0.304 e. The minimum atomic E-state index is -3.60. The maximum atomic E-state index is 14.3. The van der Waals surface area contributed by atoms with E-state index in [1.807, 2.05) is 6.92 Å². The molecule has 2 aromatic rings. The number of aliphatic carboxylic acids is 1. The Balaban J connectivity index is 2.04. The van der Waals surface area contributed by atoms with Gasteiger partial charge in [0.1, 0.15) is 5.82 Å². The number of carbonyl (C=O) groups excluding carboxylic acids is 1. The van der Waals surface area contributed by atoms with Gasteiger partial charge in [0.2, 0.25) is 5.91 Å². The number of carboxylic acids is 1. The molecule has 0 aliphatic carbocycles. The highest BCUT2D eigenvalue weighted by Gasteiger charge is 2.48. The molecule has 0 saturated carbocycles. The van der Waals surface area contributed by atoms with Crippen LogP contribution in [0.5, 0.6) is 0 Å². The maximum absolute atomic E-state index is 14.3. The summed E-state index contributed by atoms with van der Waals surface area (Å²) in [4.78, 5) is 24.7. The lowest BCUT2D eigenvalue weighted by Gasteiger charge is -2.45. The Kier molecular flexibility index (Phi) is 8.97. The highest BCUT2D eigenvalue weighted by Crippen LogP contribution is 2.45. The van der Waals surface area contributed by atoms with Crippen molar-refractivity contribution in [2.45, 2.75) is 69.4 Å². The van der Waals surface area contributed by atoms with Crippen LogP contribution >= 0.6 is 23.2 Å². The molecule has 1 aliphatic heterocycles. The van der Waals surface area contributed by atoms with Crippen molar-refractivity contribution in [3.05, 3.63) is 69.5 Å². The van der Waals surface area contributed by atoms with Crippen LogP contribution in [0.15, 0.2) is 42.5 Å². The van der Waals surface area contributed by atoms with E-state index >= 15 is 0 Å². The highest BCUT2D eigenvalue weighted by atomic mass is 35.5. The van der Waals surface area contributed by atoms with Gasteiger partial charge in [-0.25, -0.2) is 12.8 Å². The van der Waals surface area contributed by atoms with Crippen molar-refractivity contribution in [2.75, 3.05) is 0 Å². The van der Waals surface area contributed by atoms with Crippen LogP contribution in [0.3, 0.4) is 0 Å². The average Bonchev–Trinajstić information content (AvgIpc) is 2.78. The van der Waals surface area contributed by atoms with Crippen LogP contribution in [0.1, 0.15) is 69.3 Å². The number of nitrogens with one attached hydrogen (secondary N) is 1. The molecule has 1 saturated heterocycles. The van der Waals surface area contributed by atoms with E-state index in [2.05, 4.69) is 5.32 Å². The lowest BCUT2D eigenvalue weighted by atomic mass is 9.67. The van der Waals surface area contributed by atoms with E-state index in [1.165, 1.54) is 12.1 Å². The van der Waals surface area contributed by atoms with Gasteiger partial charge in [0.05, 0.1) is 22.3 Å². The molecule has 2 N–H and O–H groups in total. The predicted molar refractivity (Wildman–Crippen MR) is 143 cm³/mol. The van der Waals surface area contributed by atoms with Crippen LogP contribution in [0.4, 0.5) is 4.39 Å². The molecular formula is C27H32Cl2FNO5S. The summed E-state index contributed by atoms with van der Waals surface area (Å²) in [6.45, 7) is 6.67. The fourth-order valence-electron chi connectivity index (χ4n) is 5.22. The van der Waals surface area contributed by atoms with Crippen molar-refractivity contribution in [1.29, 1.82) is 0 Å². The second kappa shape index (κ2) is 11.3. The number of halogens is 3. The van der Waals surface area contributed by atoms with Crippen molar-refractivity contribution in [2.24, 2.45) is 11.3 Å².